The lowest BCUT2D eigenvalue weighted by Gasteiger charge is -2.36. The van der Waals surface area contributed by atoms with E-state index >= 15 is 0 Å². The molecule has 2 saturated heterocycles. The predicted molar refractivity (Wildman–Crippen MR) is 135 cm³/mol. The average Bonchev–Trinajstić information content (AvgIpc) is 2.90. The summed E-state index contributed by atoms with van der Waals surface area (Å²) in [6, 6.07) is 10.3. The zero-order valence-corrected chi connectivity index (χ0v) is 21.5. The van der Waals surface area contributed by atoms with Gasteiger partial charge in [0.15, 0.2) is 6.10 Å². The molecule has 36 heavy (non-hydrogen) atoms. The molecule has 11 heteroatoms. The Morgan fingerprint density at radius 3 is 2.36 bits per heavy atom. The molecule has 0 bridgehead atoms. The smallest absolute Gasteiger partial charge is 0.265 e. The topological polar surface area (TPSA) is 91.4 Å². The fourth-order valence-electron chi connectivity index (χ4n) is 4.30. The largest absolute Gasteiger partial charge is 0.481 e. The van der Waals surface area contributed by atoms with E-state index in [9.17, 15) is 17.6 Å². The Morgan fingerprint density at radius 1 is 1.06 bits per heavy atom. The first-order chi connectivity index (χ1) is 17.3. The van der Waals surface area contributed by atoms with Crippen LogP contribution in [0.4, 0.5) is 15.8 Å². The van der Waals surface area contributed by atoms with Gasteiger partial charge in [-0.1, -0.05) is 6.92 Å². The number of anilines is 2. The predicted octanol–water partition coefficient (Wildman–Crippen LogP) is 2.39. The number of hydrogen-bond donors (Lipinski definition) is 1. The van der Waals surface area contributed by atoms with Crippen molar-refractivity contribution in [1.29, 1.82) is 0 Å². The Morgan fingerprint density at radius 2 is 1.72 bits per heavy atom. The number of carbonyl (C=O) groups excluding carboxylic acids is 1. The van der Waals surface area contributed by atoms with Gasteiger partial charge >= 0.3 is 0 Å². The van der Waals surface area contributed by atoms with Crippen LogP contribution in [0, 0.1) is 5.82 Å². The number of morpholine rings is 1. The van der Waals surface area contributed by atoms with Crippen LogP contribution in [0.25, 0.3) is 0 Å². The maximum Gasteiger partial charge on any atom is 0.265 e. The van der Waals surface area contributed by atoms with Crippen molar-refractivity contribution < 1.29 is 27.1 Å². The second-order valence-electron chi connectivity index (χ2n) is 8.82. The minimum atomic E-state index is -3.74. The molecule has 1 amide bonds. The van der Waals surface area contributed by atoms with E-state index in [4.69, 9.17) is 9.47 Å². The van der Waals surface area contributed by atoms with Gasteiger partial charge in [0, 0.05) is 39.3 Å². The molecule has 1 atom stereocenters. The van der Waals surface area contributed by atoms with Crippen molar-refractivity contribution >= 4 is 27.3 Å². The summed E-state index contributed by atoms with van der Waals surface area (Å²) in [4.78, 5) is 17.7. The van der Waals surface area contributed by atoms with Gasteiger partial charge in [-0.25, -0.2) is 12.8 Å². The monoisotopic (exact) mass is 520 g/mol. The van der Waals surface area contributed by atoms with E-state index in [2.05, 4.69) is 22.0 Å². The van der Waals surface area contributed by atoms with Gasteiger partial charge < -0.3 is 24.6 Å². The summed E-state index contributed by atoms with van der Waals surface area (Å²) in [7, 11) is -3.74. The number of benzene rings is 2. The lowest BCUT2D eigenvalue weighted by atomic mass is 10.2. The number of hydrogen-bond acceptors (Lipinski definition) is 7. The fraction of sp³-hybridized carbons (Fsp3) is 0.480. The molecule has 0 aromatic heterocycles. The first-order valence-corrected chi connectivity index (χ1v) is 13.6. The van der Waals surface area contributed by atoms with Crippen LogP contribution < -0.4 is 15.0 Å². The maximum atomic E-state index is 13.3. The third-order valence-corrected chi connectivity index (χ3v) is 8.38. The third kappa shape index (κ3) is 6.15. The van der Waals surface area contributed by atoms with Gasteiger partial charge in [-0.05, 0) is 55.9 Å². The lowest BCUT2D eigenvalue weighted by molar-refractivity contribution is -0.122. The Hall–Kier alpha value is -2.73. The van der Waals surface area contributed by atoms with Crippen molar-refractivity contribution in [3.8, 4) is 5.75 Å². The Labute approximate surface area is 211 Å². The molecule has 2 aromatic rings. The molecule has 0 aliphatic carbocycles. The van der Waals surface area contributed by atoms with Crippen molar-refractivity contribution in [2.75, 3.05) is 69.2 Å². The van der Waals surface area contributed by atoms with E-state index in [1.807, 2.05) is 0 Å². The van der Waals surface area contributed by atoms with Crippen LogP contribution in [-0.2, 0) is 19.6 Å². The van der Waals surface area contributed by atoms with Crippen molar-refractivity contribution in [2.24, 2.45) is 0 Å². The van der Waals surface area contributed by atoms with E-state index in [0.29, 0.717) is 24.7 Å². The number of nitrogens with zero attached hydrogens (tertiary/aromatic N) is 3. The summed E-state index contributed by atoms with van der Waals surface area (Å²) in [6.45, 7) is 9.21. The number of carbonyl (C=O) groups is 1. The molecule has 2 aromatic carbocycles. The number of likely N-dealkylation sites (N-methyl/N-ethyl adjacent to an activating group) is 1. The molecule has 0 spiro atoms. The molecule has 0 unspecified atom stereocenters. The van der Waals surface area contributed by atoms with Crippen LogP contribution in [0.15, 0.2) is 47.4 Å². The summed E-state index contributed by atoms with van der Waals surface area (Å²) in [5.74, 6) is -0.474. The first-order valence-electron chi connectivity index (χ1n) is 12.2. The summed E-state index contributed by atoms with van der Waals surface area (Å²) >= 11 is 0. The van der Waals surface area contributed by atoms with Crippen LogP contribution in [0.1, 0.15) is 13.8 Å². The molecule has 4 rings (SSSR count). The SMILES string of the molecule is CCN1CCN(c2ccc(S(=O)(=O)N3CCOCC3)cc2NC(=O)[C@H](C)Oc2ccc(F)cc2)CC1. The van der Waals surface area contributed by atoms with Crippen molar-refractivity contribution in [3.05, 3.63) is 48.3 Å². The molecule has 196 valence electrons. The summed E-state index contributed by atoms with van der Waals surface area (Å²) < 4.78 is 52.1. The van der Waals surface area contributed by atoms with Gasteiger partial charge in [-0.15, -0.1) is 0 Å². The molecular weight excluding hydrogens is 487 g/mol. The third-order valence-electron chi connectivity index (χ3n) is 6.49. The number of nitrogens with one attached hydrogen (secondary N) is 1. The number of ether oxygens (including phenoxy) is 2. The Balaban J connectivity index is 1.58. The average molecular weight is 521 g/mol. The Bertz CT molecular complexity index is 1150. The highest BCUT2D eigenvalue weighted by Crippen LogP contribution is 2.31. The number of halogens is 1. The zero-order valence-electron chi connectivity index (χ0n) is 20.7. The van der Waals surface area contributed by atoms with Gasteiger partial charge in [0.25, 0.3) is 5.91 Å². The highest BCUT2D eigenvalue weighted by molar-refractivity contribution is 7.89. The summed E-state index contributed by atoms with van der Waals surface area (Å²) in [6.07, 6.45) is -0.889. The molecule has 2 heterocycles. The van der Waals surface area contributed by atoms with Gasteiger partial charge in [0.2, 0.25) is 10.0 Å². The van der Waals surface area contributed by atoms with E-state index in [1.165, 1.54) is 34.6 Å². The normalized spacial score (nSPS) is 18.6. The second kappa shape index (κ2) is 11.5. The van der Waals surface area contributed by atoms with Crippen molar-refractivity contribution in [1.82, 2.24) is 9.21 Å². The first kappa shape index (κ1) is 26.3. The second-order valence-corrected chi connectivity index (χ2v) is 10.8. The van der Waals surface area contributed by atoms with Crippen LogP contribution >= 0.6 is 0 Å². The molecular formula is C25H33FN4O5S. The number of amides is 1. The molecule has 2 aliphatic heterocycles. The summed E-state index contributed by atoms with van der Waals surface area (Å²) in [5.41, 5.74) is 1.17. The molecule has 2 fully saturated rings. The number of rotatable bonds is 8. The number of sulfonamides is 1. The van der Waals surface area contributed by atoms with Gasteiger partial charge in [-0.2, -0.15) is 4.31 Å². The van der Waals surface area contributed by atoms with Gasteiger partial charge in [0.05, 0.1) is 29.5 Å². The van der Waals surface area contributed by atoms with Gasteiger partial charge in [-0.3, -0.25) is 4.79 Å². The molecule has 2 aliphatic rings. The van der Waals surface area contributed by atoms with E-state index in [0.717, 1.165) is 38.4 Å². The molecule has 1 N–H and O–H groups in total. The quantitative estimate of drug-likeness (QED) is 0.572. The van der Waals surface area contributed by atoms with Crippen molar-refractivity contribution in [3.63, 3.8) is 0 Å². The number of piperazine rings is 1. The van der Waals surface area contributed by atoms with Crippen LogP contribution in [0.5, 0.6) is 5.75 Å². The maximum absolute atomic E-state index is 13.3. The fourth-order valence-corrected chi connectivity index (χ4v) is 5.73. The molecule has 0 radical (unpaired) electrons. The lowest BCUT2D eigenvalue weighted by Crippen LogP contribution is -2.46. The minimum absolute atomic E-state index is 0.114. The summed E-state index contributed by atoms with van der Waals surface area (Å²) in [5, 5.41) is 2.88. The highest BCUT2D eigenvalue weighted by Gasteiger charge is 2.29. The van der Waals surface area contributed by atoms with E-state index in [1.54, 1.807) is 19.1 Å². The van der Waals surface area contributed by atoms with E-state index in [-0.39, 0.29) is 18.0 Å². The van der Waals surface area contributed by atoms with E-state index < -0.39 is 27.9 Å². The zero-order chi connectivity index (χ0) is 25.7. The van der Waals surface area contributed by atoms with Crippen molar-refractivity contribution in [2.45, 2.75) is 24.8 Å². The standard InChI is InChI=1S/C25H33FN4O5S/c1-3-28-10-12-29(13-11-28)24-9-8-22(36(32,33)30-14-16-34-17-15-30)18-23(24)27-25(31)19(2)35-21-6-4-20(26)5-7-21/h4-9,18-19H,3,10-17H2,1-2H3,(H,27,31)/t19-/m0/s1. The molecule has 9 nitrogen and oxygen atoms in total. The minimum Gasteiger partial charge on any atom is -0.481 e. The molecule has 0 saturated carbocycles. The Kier molecular flexibility index (Phi) is 8.45. The highest BCUT2D eigenvalue weighted by atomic mass is 32.2. The van der Waals surface area contributed by atoms with Crippen LogP contribution in [-0.4, -0.2) is 88.7 Å². The van der Waals surface area contributed by atoms with Crippen LogP contribution in [0.2, 0.25) is 0 Å². The van der Waals surface area contributed by atoms with Crippen LogP contribution in [0.3, 0.4) is 0 Å². The van der Waals surface area contributed by atoms with Gasteiger partial charge in [0.1, 0.15) is 11.6 Å².